The van der Waals surface area contributed by atoms with Crippen LogP contribution >= 0.6 is 11.3 Å². The summed E-state index contributed by atoms with van der Waals surface area (Å²) in [6, 6.07) is 5.08. The lowest BCUT2D eigenvalue weighted by Crippen LogP contribution is -2.08. The average Bonchev–Trinajstić information content (AvgIpc) is 2.74. The summed E-state index contributed by atoms with van der Waals surface area (Å²) < 4.78 is 5.22. The Hall–Kier alpha value is -2.26. The van der Waals surface area contributed by atoms with Gasteiger partial charge in [-0.15, -0.1) is 11.3 Å². The molecule has 5 nitrogen and oxygen atoms in total. The molecule has 2 aromatic heterocycles. The van der Waals surface area contributed by atoms with Crippen molar-refractivity contribution in [3.8, 4) is 6.07 Å². The van der Waals surface area contributed by atoms with Crippen molar-refractivity contribution in [3.05, 3.63) is 44.7 Å². The van der Waals surface area contributed by atoms with Crippen molar-refractivity contribution in [3.63, 3.8) is 0 Å². The highest BCUT2D eigenvalue weighted by Crippen LogP contribution is 2.18. The van der Waals surface area contributed by atoms with Gasteiger partial charge in [0, 0.05) is 0 Å². The smallest absolute Gasteiger partial charge is 0.357 e. The zero-order valence-corrected chi connectivity index (χ0v) is 12.2. The van der Waals surface area contributed by atoms with Crippen molar-refractivity contribution in [2.75, 3.05) is 0 Å². The summed E-state index contributed by atoms with van der Waals surface area (Å²) in [6.45, 7) is 5.67. The molecular weight excluding hydrogens is 274 g/mol. The van der Waals surface area contributed by atoms with Crippen LogP contribution in [0.15, 0.2) is 12.1 Å². The lowest BCUT2D eigenvalue weighted by molar-refractivity contribution is 0.0469. The SMILES string of the molecule is Cc1nc(C)c(COC(=O)c2ccc(C#N)c(C)n2)s1. The van der Waals surface area contributed by atoms with E-state index in [0.717, 1.165) is 15.6 Å². The molecule has 20 heavy (non-hydrogen) atoms. The molecule has 0 saturated heterocycles. The van der Waals surface area contributed by atoms with E-state index in [1.54, 1.807) is 13.0 Å². The monoisotopic (exact) mass is 287 g/mol. The molecule has 102 valence electrons. The fourth-order valence-electron chi connectivity index (χ4n) is 1.71. The van der Waals surface area contributed by atoms with Crippen molar-refractivity contribution in [2.45, 2.75) is 27.4 Å². The van der Waals surface area contributed by atoms with Gasteiger partial charge in [-0.3, -0.25) is 0 Å². The lowest BCUT2D eigenvalue weighted by Gasteiger charge is -2.04. The molecule has 2 rings (SSSR count). The molecule has 0 aliphatic rings. The summed E-state index contributed by atoms with van der Waals surface area (Å²) in [4.78, 5) is 21.2. The highest BCUT2D eigenvalue weighted by molar-refractivity contribution is 7.11. The maximum atomic E-state index is 11.9. The molecule has 0 unspecified atom stereocenters. The molecule has 6 heteroatoms. The van der Waals surface area contributed by atoms with E-state index in [1.807, 2.05) is 19.9 Å². The van der Waals surface area contributed by atoms with Crippen LogP contribution < -0.4 is 0 Å². The normalized spacial score (nSPS) is 10.1. The number of aryl methyl sites for hydroxylation is 3. The standard InChI is InChI=1S/C14H13N3O2S/c1-8-11(6-15)4-5-12(17-8)14(18)19-7-13-9(2)16-10(3)20-13/h4-5H,7H2,1-3H3. The first-order valence-corrected chi connectivity index (χ1v) is 6.80. The van der Waals surface area contributed by atoms with Crippen molar-refractivity contribution in [2.24, 2.45) is 0 Å². The zero-order valence-electron chi connectivity index (χ0n) is 11.4. The summed E-state index contributed by atoms with van der Waals surface area (Å²) in [7, 11) is 0. The zero-order chi connectivity index (χ0) is 14.7. The molecule has 0 atom stereocenters. The van der Waals surface area contributed by atoms with E-state index in [1.165, 1.54) is 17.4 Å². The van der Waals surface area contributed by atoms with Crippen LogP contribution in [0.2, 0.25) is 0 Å². The van der Waals surface area contributed by atoms with Gasteiger partial charge in [0.1, 0.15) is 18.4 Å². The molecule has 0 aliphatic carbocycles. The van der Waals surface area contributed by atoms with Gasteiger partial charge in [-0.25, -0.2) is 14.8 Å². The van der Waals surface area contributed by atoms with Gasteiger partial charge in [-0.1, -0.05) is 0 Å². The summed E-state index contributed by atoms with van der Waals surface area (Å²) in [5.41, 5.74) is 2.06. The molecule has 0 fully saturated rings. The number of carbonyl (C=O) groups is 1. The summed E-state index contributed by atoms with van der Waals surface area (Å²) in [5.74, 6) is -0.497. The van der Waals surface area contributed by atoms with Crippen molar-refractivity contribution in [1.29, 1.82) is 5.26 Å². The highest BCUT2D eigenvalue weighted by atomic mass is 32.1. The molecule has 2 heterocycles. The number of pyridine rings is 1. The van der Waals surface area contributed by atoms with E-state index in [2.05, 4.69) is 9.97 Å². The third-order valence-electron chi connectivity index (χ3n) is 2.75. The van der Waals surface area contributed by atoms with Crippen LogP contribution in [0.25, 0.3) is 0 Å². The minimum atomic E-state index is -0.497. The number of thiazole rings is 1. The van der Waals surface area contributed by atoms with Gasteiger partial charge < -0.3 is 4.74 Å². The van der Waals surface area contributed by atoms with E-state index >= 15 is 0 Å². The number of esters is 1. The van der Waals surface area contributed by atoms with E-state index in [9.17, 15) is 4.79 Å². The molecular formula is C14H13N3O2S. The third kappa shape index (κ3) is 3.00. The van der Waals surface area contributed by atoms with E-state index in [4.69, 9.17) is 10.00 Å². The van der Waals surface area contributed by atoms with Crippen LogP contribution in [0.5, 0.6) is 0 Å². The number of nitriles is 1. The van der Waals surface area contributed by atoms with Gasteiger partial charge in [-0.2, -0.15) is 5.26 Å². The number of nitrogens with zero attached hydrogens (tertiary/aromatic N) is 3. The highest BCUT2D eigenvalue weighted by Gasteiger charge is 2.13. The van der Waals surface area contributed by atoms with Crippen LogP contribution in [-0.4, -0.2) is 15.9 Å². The van der Waals surface area contributed by atoms with Gasteiger partial charge >= 0.3 is 5.97 Å². The Morgan fingerprint density at radius 1 is 1.30 bits per heavy atom. The first-order valence-electron chi connectivity index (χ1n) is 5.99. The second kappa shape index (κ2) is 5.80. The maximum Gasteiger partial charge on any atom is 0.357 e. The molecule has 0 amide bonds. The number of hydrogen-bond donors (Lipinski definition) is 0. The van der Waals surface area contributed by atoms with Gasteiger partial charge in [0.2, 0.25) is 0 Å². The lowest BCUT2D eigenvalue weighted by atomic mass is 10.2. The van der Waals surface area contributed by atoms with E-state index < -0.39 is 5.97 Å². The molecule has 0 spiro atoms. The number of hydrogen-bond acceptors (Lipinski definition) is 6. The fourth-order valence-corrected chi connectivity index (χ4v) is 2.56. The van der Waals surface area contributed by atoms with Gasteiger partial charge in [0.05, 0.1) is 26.8 Å². The Balaban J connectivity index is 2.07. The largest absolute Gasteiger partial charge is 0.455 e. The minimum Gasteiger partial charge on any atom is -0.455 e. The van der Waals surface area contributed by atoms with Gasteiger partial charge in [0.15, 0.2) is 0 Å². The van der Waals surface area contributed by atoms with Crippen LogP contribution in [0.3, 0.4) is 0 Å². The average molecular weight is 287 g/mol. The molecule has 0 bridgehead atoms. The molecule has 0 radical (unpaired) electrons. The molecule has 0 N–H and O–H groups in total. The van der Waals surface area contributed by atoms with E-state index in [0.29, 0.717) is 11.3 Å². The molecule has 2 aromatic rings. The number of carbonyl (C=O) groups excluding carboxylic acids is 1. The Kier molecular flexibility index (Phi) is 4.11. The van der Waals surface area contributed by atoms with Crippen molar-refractivity contribution >= 4 is 17.3 Å². The predicted octanol–water partition coefficient (Wildman–Crippen LogP) is 2.69. The Labute approximate surface area is 120 Å². The summed E-state index contributed by atoms with van der Waals surface area (Å²) in [5, 5.41) is 9.77. The topological polar surface area (TPSA) is 75.9 Å². The van der Waals surface area contributed by atoms with Crippen LogP contribution in [0.4, 0.5) is 0 Å². The first kappa shape index (κ1) is 14.2. The van der Waals surface area contributed by atoms with Crippen LogP contribution in [0.1, 0.15) is 37.3 Å². The van der Waals surface area contributed by atoms with E-state index in [-0.39, 0.29) is 12.3 Å². The summed E-state index contributed by atoms with van der Waals surface area (Å²) in [6.07, 6.45) is 0. The molecule has 0 aliphatic heterocycles. The molecule has 0 aromatic carbocycles. The maximum absolute atomic E-state index is 11.9. The number of aromatic nitrogens is 2. The second-order valence-electron chi connectivity index (χ2n) is 4.26. The Bertz CT molecular complexity index is 701. The fraction of sp³-hybridized carbons (Fsp3) is 0.286. The summed E-state index contributed by atoms with van der Waals surface area (Å²) >= 11 is 1.51. The Morgan fingerprint density at radius 2 is 2.05 bits per heavy atom. The third-order valence-corrected chi connectivity index (χ3v) is 3.80. The second-order valence-corrected chi connectivity index (χ2v) is 5.55. The minimum absolute atomic E-state index is 0.191. The van der Waals surface area contributed by atoms with Crippen molar-refractivity contribution < 1.29 is 9.53 Å². The predicted molar refractivity (Wildman–Crippen MR) is 74.4 cm³/mol. The number of rotatable bonds is 3. The number of ether oxygens (including phenoxy) is 1. The van der Waals surface area contributed by atoms with Crippen LogP contribution in [-0.2, 0) is 11.3 Å². The van der Waals surface area contributed by atoms with Crippen LogP contribution in [0, 0.1) is 32.1 Å². The van der Waals surface area contributed by atoms with Gasteiger partial charge in [-0.05, 0) is 32.9 Å². The molecule has 0 saturated carbocycles. The van der Waals surface area contributed by atoms with Gasteiger partial charge in [0.25, 0.3) is 0 Å². The first-order chi connectivity index (χ1) is 9.51. The van der Waals surface area contributed by atoms with Crippen molar-refractivity contribution in [1.82, 2.24) is 9.97 Å². The Morgan fingerprint density at radius 3 is 2.60 bits per heavy atom. The quantitative estimate of drug-likeness (QED) is 0.811.